The molecule has 2 rings (SSSR count). The molecule has 0 amide bonds. The number of piperidine rings is 1. The molecule has 0 aromatic carbocycles. The molecular weight excluding hydrogens is 214 g/mol. The van der Waals surface area contributed by atoms with Gasteiger partial charge in [0.05, 0.1) is 6.10 Å². The standard InChI is InChI=1S/C13H17N3O/c1-17-12-4-7-16(8-5-12)10-11-3-2-6-15-13(11)9-14/h2-3,6,12H,4-5,7-8,10H2,1H3. The van der Waals surface area contributed by atoms with Crippen molar-refractivity contribution >= 4 is 0 Å². The third-order valence-corrected chi connectivity index (χ3v) is 3.26. The third kappa shape index (κ3) is 3.02. The topological polar surface area (TPSA) is 49.1 Å². The van der Waals surface area contributed by atoms with Gasteiger partial charge in [0.2, 0.25) is 0 Å². The quantitative estimate of drug-likeness (QED) is 0.792. The first kappa shape index (κ1) is 12.0. The molecule has 1 aliphatic rings. The SMILES string of the molecule is COC1CCN(Cc2cccnc2C#N)CC1. The zero-order chi connectivity index (χ0) is 12.1. The van der Waals surface area contributed by atoms with Crippen molar-refractivity contribution in [3.8, 4) is 6.07 Å². The van der Waals surface area contributed by atoms with Crippen LogP contribution in [0.25, 0.3) is 0 Å². The number of aromatic nitrogens is 1. The summed E-state index contributed by atoms with van der Waals surface area (Å²) in [6.07, 6.45) is 4.20. The molecule has 0 aliphatic carbocycles. The van der Waals surface area contributed by atoms with Gasteiger partial charge in [0.15, 0.2) is 0 Å². The lowest BCUT2D eigenvalue weighted by atomic mass is 10.1. The van der Waals surface area contributed by atoms with Crippen molar-refractivity contribution in [1.29, 1.82) is 5.26 Å². The maximum atomic E-state index is 8.98. The highest BCUT2D eigenvalue weighted by Crippen LogP contribution is 2.16. The predicted molar refractivity (Wildman–Crippen MR) is 64.3 cm³/mol. The van der Waals surface area contributed by atoms with Gasteiger partial charge in [0.1, 0.15) is 11.8 Å². The molecule has 1 aromatic heterocycles. The summed E-state index contributed by atoms with van der Waals surface area (Å²) < 4.78 is 5.34. The molecule has 0 atom stereocenters. The fraction of sp³-hybridized carbons (Fsp3) is 0.538. The van der Waals surface area contributed by atoms with Gasteiger partial charge in [0.25, 0.3) is 0 Å². The highest BCUT2D eigenvalue weighted by Gasteiger charge is 2.19. The van der Waals surface area contributed by atoms with Crippen LogP contribution in [0.3, 0.4) is 0 Å². The van der Waals surface area contributed by atoms with E-state index in [2.05, 4.69) is 16.0 Å². The zero-order valence-electron chi connectivity index (χ0n) is 10.1. The van der Waals surface area contributed by atoms with Crippen molar-refractivity contribution in [3.63, 3.8) is 0 Å². The Hall–Kier alpha value is -1.44. The number of rotatable bonds is 3. The highest BCUT2D eigenvalue weighted by molar-refractivity contribution is 5.30. The maximum absolute atomic E-state index is 8.98. The van der Waals surface area contributed by atoms with Crippen LogP contribution < -0.4 is 0 Å². The van der Waals surface area contributed by atoms with Crippen LogP contribution in [0.1, 0.15) is 24.1 Å². The normalized spacial score (nSPS) is 17.9. The molecule has 4 nitrogen and oxygen atoms in total. The van der Waals surface area contributed by atoms with Crippen LogP contribution in [-0.4, -0.2) is 36.2 Å². The average molecular weight is 231 g/mol. The number of methoxy groups -OCH3 is 1. The Morgan fingerprint density at radius 1 is 1.53 bits per heavy atom. The Balaban J connectivity index is 1.96. The summed E-state index contributed by atoms with van der Waals surface area (Å²) in [7, 11) is 1.77. The Morgan fingerprint density at radius 2 is 2.29 bits per heavy atom. The second-order valence-corrected chi connectivity index (χ2v) is 4.33. The summed E-state index contributed by atoms with van der Waals surface area (Å²) in [6.45, 7) is 2.86. The molecular formula is C13H17N3O. The summed E-state index contributed by atoms with van der Waals surface area (Å²) >= 11 is 0. The number of ether oxygens (including phenoxy) is 1. The number of likely N-dealkylation sites (tertiary alicyclic amines) is 1. The minimum absolute atomic E-state index is 0.399. The molecule has 1 saturated heterocycles. The summed E-state index contributed by atoms with van der Waals surface area (Å²) in [5.41, 5.74) is 1.56. The van der Waals surface area contributed by atoms with Crippen molar-refractivity contribution in [2.75, 3.05) is 20.2 Å². The molecule has 1 aromatic rings. The van der Waals surface area contributed by atoms with Crippen LogP contribution in [0.4, 0.5) is 0 Å². The molecule has 0 bridgehead atoms. The molecule has 17 heavy (non-hydrogen) atoms. The number of nitriles is 1. The number of pyridine rings is 1. The Labute approximate surface area is 102 Å². The zero-order valence-corrected chi connectivity index (χ0v) is 10.1. The van der Waals surface area contributed by atoms with E-state index in [4.69, 9.17) is 10.00 Å². The fourth-order valence-electron chi connectivity index (χ4n) is 2.21. The first-order valence-corrected chi connectivity index (χ1v) is 5.92. The van der Waals surface area contributed by atoms with Gasteiger partial charge in [-0.3, -0.25) is 4.90 Å². The van der Waals surface area contributed by atoms with E-state index in [1.807, 2.05) is 12.1 Å². The minimum atomic E-state index is 0.399. The maximum Gasteiger partial charge on any atom is 0.144 e. The number of nitrogens with zero attached hydrogens (tertiary/aromatic N) is 3. The molecule has 0 N–H and O–H groups in total. The first-order valence-electron chi connectivity index (χ1n) is 5.92. The van der Waals surface area contributed by atoms with E-state index in [0.717, 1.165) is 38.0 Å². The summed E-state index contributed by atoms with van der Waals surface area (Å²) in [4.78, 5) is 6.44. The average Bonchev–Trinajstić information content (AvgIpc) is 2.40. The first-order chi connectivity index (χ1) is 8.33. The van der Waals surface area contributed by atoms with Crippen LogP contribution in [0, 0.1) is 11.3 Å². The minimum Gasteiger partial charge on any atom is -0.381 e. The van der Waals surface area contributed by atoms with E-state index in [-0.39, 0.29) is 0 Å². The van der Waals surface area contributed by atoms with Gasteiger partial charge in [-0.2, -0.15) is 5.26 Å². The van der Waals surface area contributed by atoms with Crippen LogP contribution in [-0.2, 0) is 11.3 Å². The van der Waals surface area contributed by atoms with Gasteiger partial charge >= 0.3 is 0 Å². The van der Waals surface area contributed by atoms with Crippen molar-refractivity contribution in [2.45, 2.75) is 25.5 Å². The highest BCUT2D eigenvalue weighted by atomic mass is 16.5. The third-order valence-electron chi connectivity index (χ3n) is 3.26. The molecule has 0 radical (unpaired) electrons. The van der Waals surface area contributed by atoms with Crippen LogP contribution >= 0.6 is 0 Å². The predicted octanol–water partition coefficient (Wildman–Crippen LogP) is 1.56. The lowest BCUT2D eigenvalue weighted by Crippen LogP contribution is -2.36. The van der Waals surface area contributed by atoms with Crippen molar-refractivity contribution < 1.29 is 4.74 Å². The van der Waals surface area contributed by atoms with E-state index >= 15 is 0 Å². The Kier molecular flexibility index (Phi) is 4.08. The number of hydrogen-bond acceptors (Lipinski definition) is 4. The van der Waals surface area contributed by atoms with Gasteiger partial charge in [-0.15, -0.1) is 0 Å². The lowest BCUT2D eigenvalue weighted by Gasteiger charge is -2.31. The van der Waals surface area contributed by atoms with Gasteiger partial charge in [-0.1, -0.05) is 6.07 Å². The van der Waals surface area contributed by atoms with E-state index < -0.39 is 0 Å². The molecule has 1 aliphatic heterocycles. The van der Waals surface area contributed by atoms with Crippen molar-refractivity contribution in [2.24, 2.45) is 0 Å². The van der Waals surface area contributed by atoms with E-state index in [1.54, 1.807) is 13.3 Å². The molecule has 1 fully saturated rings. The van der Waals surface area contributed by atoms with Crippen molar-refractivity contribution in [1.82, 2.24) is 9.88 Å². The fourth-order valence-corrected chi connectivity index (χ4v) is 2.21. The molecule has 4 heteroatoms. The van der Waals surface area contributed by atoms with Gasteiger partial charge in [-0.05, 0) is 18.9 Å². The lowest BCUT2D eigenvalue weighted by molar-refractivity contribution is 0.0388. The van der Waals surface area contributed by atoms with Crippen LogP contribution in [0.2, 0.25) is 0 Å². The van der Waals surface area contributed by atoms with Crippen LogP contribution in [0.5, 0.6) is 0 Å². The monoisotopic (exact) mass is 231 g/mol. The molecule has 90 valence electrons. The van der Waals surface area contributed by atoms with Gasteiger partial charge in [0, 0.05) is 38.5 Å². The number of hydrogen-bond donors (Lipinski definition) is 0. The second-order valence-electron chi connectivity index (χ2n) is 4.33. The van der Waals surface area contributed by atoms with Gasteiger partial charge < -0.3 is 4.74 Å². The Morgan fingerprint density at radius 3 is 2.94 bits per heavy atom. The van der Waals surface area contributed by atoms with Crippen molar-refractivity contribution in [3.05, 3.63) is 29.6 Å². The van der Waals surface area contributed by atoms with Crippen LogP contribution in [0.15, 0.2) is 18.3 Å². The largest absolute Gasteiger partial charge is 0.381 e. The molecule has 0 unspecified atom stereocenters. The summed E-state index contributed by atoms with van der Waals surface area (Å²) in [6, 6.07) is 6.01. The van der Waals surface area contributed by atoms with E-state index in [9.17, 15) is 0 Å². The molecule has 0 saturated carbocycles. The summed E-state index contributed by atoms with van der Waals surface area (Å²) in [5, 5.41) is 8.98. The molecule has 0 spiro atoms. The van der Waals surface area contributed by atoms with Gasteiger partial charge in [-0.25, -0.2) is 4.98 Å². The summed E-state index contributed by atoms with van der Waals surface area (Å²) in [5.74, 6) is 0. The molecule has 2 heterocycles. The van der Waals surface area contributed by atoms with E-state index in [1.165, 1.54) is 0 Å². The second kappa shape index (κ2) is 5.76. The Bertz CT molecular complexity index is 405. The van der Waals surface area contributed by atoms with E-state index in [0.29, 0.717) is 11.8 Å². The smallest absolute Gasteiger partial charge is 0.144 e.